The standard InChI is InChI=1S/C15H15ClO2/c1-11-2-8-14(9-3-11)18-10-15(17)12-4-6-13(16)7-5-12/h2-9,15,17H,10H2,1H3. The Hall–Kier alpha value is -1.51. The monoisotopic (exact) mass is 262 g/mol. The first kappa shape index (κ1) is 12.9. The minimum absolute atomic E-state index is 0.227. The molecule has 0 aliphatic heterocycles. The van der Waals surface area contributed by atoms with Gasteiger partial charge in [0.25, 0.3) is 0 Å². The Morgan fingerprint density at radius 3 is 2.28 bits per heavy atom. The van der Waals surface area contributed by atoms with Gasteiger partial charge in [0.1, 0.15) is 18.5 Å². The summed E-state index contributed by atoms with van der Waals surface area (Å²) in [6, 6.07) is 14.8. The van der Waals surface area contributed by atoms with Crippen LogP contribution in [0.5, 0.6) is 5.75 Å². The maximum atomic E-state index is 9.96. The number of hydrogen-bond acceptors (Lipinski definition) is 2. The Bertz CT molecular complexity index is 491. The van der Waals surface area contributed by atoms with Gasteiger partial charge in [-0.25, -0.2) is 0 Å². The van der Waals surface area contributed by atoms with Crippen LogP contribution in [0.1, 0.15) is 17.2 Å². The van der Waals surface area contributed by atoms with Crippen LogP contribution < -0.4 is 4.74 Å². The van der Waals surface area contributed by atoms with Gasteiger partial charge in [0, 0.05) is 5.02 Å². The highest BCUT2D eigenvalue weighted by molar-refractivity contribution is 6.30. The molecule has 94 valence electrons. The summed E-state index contributed by atoms with van der Waals surface area (Å²) in [4.78, 5) is 0. The van der Waals surface area contributed by atoms with Gasteiger partial charge in [0.2, 0.25) is 0 Å². The van der Waals surface area contributed by atoms with Gasteiger partial charge in [0.05, 0.1) is 0 Å². The maximum absolute atomic E-state index is 9.96. The summed E-state index contributed by atoms with van der Waals surface area (Å²) in [6.07, 6.45) is -0.649. The van der Waals surface area contributed by atoms with Crippen molar-refractivity contribution < 1.29 is 9.84 Å². The molecule has 3 heteroatoms. The lowest BCUT2D eigenvalue weighted by atomic mass is 10.1. The molecule has 1 unspecified atom stereocenters. The number of benzene rings is 2. The predicted octanol–water partition coefficient (Wildman–Crippen LogP) is 3.76. The van der Waals surface area contributed by atoms with Gasteiger partial charge in [-0.15, -0.1) is 0 Å². The van der Waals surface area contributed by atoms with Crippen molar-refractivity contribution in [3.63, 3.8) is 0 Å². The molecule has 0 radical (unpaired) electrons. The molecular formula is C15H15ClO2. The zero-order valence-corrected chi connectivity index (χ0v) is 10.9. The highest BCUT2D eigenvalue weighted by Gasteiger charge is 2.08. The second kappa shape index (κ2) is 5.89. The highest BCUT2D eigenvalue weighted by atomic mass is 35.5. The molecule has 0 spiro atoms. The molecule has 0 heterocycles. The molecule has 2 aromatic rings. The number of aryl methyl sites for hydroxylation is 1. The van der Waals surface area contributed by atoms with Crippen molar-refractivity contribution in [2.45, 2.75) is 13.0 Å². The van der Waals surface area contributed by atoms with Crippen molar-refractivity contribution in [3.8, 4) is 5.75 Å². The fraction of sp³-hybridized carbons (Fsp3) is 0.200. The predicted molar refractivity (Wildman–Crippen MR) is 73.1 cm³/mol. The van der Waals surface area contributed by atoms with Crippen LogP contribution in [0.3, 0.4) is 0 Å². The Morgan fingerprint density at radius 2 is 1.67 bits per heavy atom. The first-order chi connectivity index (χ1) is 8.65. The van der Waals surface area contributed by atoms with E-state index in [1.54, 1.807) is 24.3 Å². The van der Waals surface area contributed by atoms with Crippen molar-refractivity contribution in [1.29, 1.82) is 0 Å². The van der Waals surface area contributed by atoms with Crippen LogP contribution in [0.25, 0.3) is 0 Å². The number of rotatable bonds is 4. The van der Waals surface area contributed by atoms with E-state index >= 15 is 0 Å². The molecule has 1 N–H and O–H groups in total. The van der Waals surface area contributed by atoms with Gasteiger partial charge in [0.15, 0.2) is 0 Å². The van der Waals surface area contributed by atoms with Crippen LogP contribution in [0.15, 0.2) is 48.5 Å². The summed E-state index contributed by atoms with van der Waals surface area (Å²) >= 11 is 5.79. The molecule has 0 bridgehead atoms. The number of halogens is 1. The summed E-state index contributed by atoms with van der Waals surface area (Å²) in [7, 11) is 0. The molecule has 0 saturated heterocycles. The minimum atomic E-state index is -0.649. The molecule has 0 amide bonds. The molecule has 0 aliphatic rings. The smallest absolute Gasteiger partial charge is 0.119 e. The lowest BCUT2D eigenvalue weighted by molar-refractivity contribution is 0.108. The third kappa shape index (κ3) is 3.49. The lowest BCUT2D eigenvalue weighted by Crippen LogP contribution is -2.09. The second-order valence-corrected chi connectivity index (χ2v) is 4.63. The van der Waals surface area contributed by atoms with Crippen molar-refractivity contribution in [1.82, 2.24) is 0 Å². The SMILES string of the molecule is Cc1ccc(OCC(O)c2ccc(Cl)cc2)cc1. The van der Waals surface area contributed by atoms with Crippen LogP contribution in [-0.4, -0.2) is 11.7 Å². The van der Waals surface area contributed by atoms with Crippen LogP contribution in [0, 0.1) is 6.92 Å². The summed E-state index contributed by atoms with van der Waals surface area (Å²) in [5, 5.41) is 10.6. The first-order valence-electron chi connectivity index (χ1n) is 5.78. The van der Waals surface area contributed by atoms with E-state index in [1.165, 1.54) is 5.56 Å². The number of aliphatic hydroxyl groups excluding tert-OH is 1. The van der Waals surface area contributed by atoms with E-state index in [4.69, 9.17) is 16.3 Å². The molecule has 2 nitrogen and oxygen atoms in total. The van der Waals surface area contributed by atoms with Gasteiger partial charge in [-0.1, -0.05) is 41.4 Å². The molecule has 1 atom stereocenters. The first-order valence-corrected chi connectivity index (χ1v) is 6.16. The molecule has 0 aliphatic carbocycles. The van der Waals surface area contributed by atoms with E-state index in [2.05, 4.69) is 0 Å². The fourth-order valence-corrected chi connectivity index (χ4v) is 1.72. The highest BCUT2D eigenvalue weighted by Crippen LogP contribution is 2.18. The summed E-state index contributed by atoms with van der Waals surface area (Å²) in [5.41, 5.74) is 1.98. The van der Waals surface area contributed by atoms with Crippen LogP contribution in [0.4, 0.5) is 0 Å². The zero-order chi connectivity index (χ0) is 13.0. The maximum Gasteiger partial charge on any atom is 0.119 e. The summed E-state index contributed by atoms with van der Waals surface area (Å²) in [6.45, 7) is 2.25. The summed E-state index contributed by atoms with van der Waals surface area (Å²) < 4.78 is 5.52. The van der Waals surface area contributed by atoms with Crippen molar-refractivity contribution >= 4 is 11.6 Å². The third-order valence-electron chi connectivity index (χ3n) is 2.68. The van der Waals surface area contributed by atoms with Gasteiger partial charge in [-0.3, -0.25) is 0 Å². The van der Waals surface area contributed by atoms with E-state index in [-0.39, 0.29) is 6.61 Å². The number of ether oxygens (including phenoxy) is 1. The van der Waals surface area contributed by atoms with Crippen LogP contribution >= 0.6 is 11.6 Å². The largest absolute Gasteiger partial charge is 0.491 e. The topological polar surface area (TPSA) is 29.5 Å². The van der Waals surface area contributed by atoms with Crippen molar-refractivity contribution in [3.05, 3.63) is 64.7 Å². The second-order valence-electron chi connectivity index (χ2n) is 4.19. The van der Waals surface area contributed by atoms with Crippen molar-refractivity contribution in [2.24, 2.45) is 0 Å². The molecule has 0 fully saturated rings. The van der Waals surface area contributed by atoms with Gasteiger partial charge in [-0.05, 0) is 36.8 Å². The lowest BCUT2D eigenvalue weighted by Gasteiger charge is -2.12. The average molecular weight is 263 g/mol. The van der Waals surface area contributed by atoms with Crippen LogP contribution in [-0.2, 0) is 0 Å². The van der Waals surface area contributed by atoms with E-state index in [0.29, 0.717) is 5.02 Å². The average Bonchev–Trinajstić information content (AvgIpc) is 2.38. The molecule has 0 aromatic heterocycles. The molecule has 2 rings (SSSR count). The van der Waals surface area contributed by atoms with Crippen LogP contribution in [0.2, 0.25) is 5.02 Å². The molecule has 18 heavy (non-hydrogen) atoms. The van der Waals surface area contributed by atoms with Gasteiger partial charge >= 0.3 is 0 Å². The van der Waals surface area contributed by atoms with E-state index < -0.39 is 6.10 Å². The molecular weight excluding hydrogens is 248 g/mol. The zero-order valence-electron chi connectivity index (χ0n) is 10.1. The Morgan fingerprint density at radius 1 is 1.06 bits per heavy atom. The van der Waals surface area contributed by atoms with E-state index in [1.807, 2.05) is 31.2 Å². The number of hydrogen-bond donors (Lipinski definition) is 1. The van der Waals surface area contributed by atoms with E-state index in [9.17, 15) is 5.11 Å². The van der Waals surface area contributed by atoms with Gasteiger partial charge < -0.3 is 9.84 Å². The Balaban J connectivity index is 1.93. The molecule has 0 saturated carbocycles. The minimum Gasteiger partial charge on any atom is -0.491 e. The summed E-state index contributed by atoms with van der Waals surface area (Å²) in [5.74, 6) is 0.758. The van der Waals surface area contributed by atoms with E-state index in [0.717, 1.165) is 11.3 Å². The third-order valence-corrected chi connectivity index (χ3v) is 2.94. The quantitative estimate of drug-likeness (QED) is 0.909. The number of aliphatic hydroxyl groups is 1. The normalized spacial score (nSPS) is 12.2. The molecule has 2 aromatic carbocycles. The Kier molecular flexibility index (Phi) is 4.24. The van der Waals surface area contributed by atoms with Gasteiger partial charge in [-0.2, -0.15) is 0 Å². The van der Waals surface area contributed by atoms with Crippen molar-refractivity contribution in [2.75, 3.05) is 6.61 Å². The Labute approximate surface area is 112 Å². The fourth-order valence-electron chi connectivity index (χ4n) is 1.59.